The Bertz CT molecular complexity index is 464. The molecule has 0 heterocycles. The van der Waals surface area contributed by atoms with Crippen molar-refractivity contribution in [2.75, 3.05) is 13.2 Å². The number of phenolic OH excluding ortho intramolecular Hbond substituents is 1. The zero-order chi connectivity index (χ0) is 15.7. The lowest BCUT2D eigenvalue weighted by molar-refractivity contribution is 0.189. The van der Waals surface area contributed by atoms with Crippen LogP contribution in [0.25, 0.3) is 0 Å². The monoisotopic (exact) mass is 292 g/mol. The molecule has 0 spiro atoms. The van der Waals surface area contributed by atoms with Crippen LogP contribution in [0.3, 0.4) is 0 Å². The van der Waals surface area contributed by atoms with E-state index in [2.05, 4.69) is 13.8 Å². The summed E-state index contributed by atoms with van der Waals surface area (Å²) in [6.07, 6.45) is 5.76. The van der Waals surface area contributed by atoms with E-state index in [0.29, 0.717) is 12.4 Å². The number of hydrogen-bond donors (Lipinski definition) is 1. The lowest BCUT2D eigenvalue weighted by Crippen LogP contribution is -2.04. The molecule has 1 rings (SSSR count). The van der Waals surface area contributed by atoms with Crippen LogP contribution in [0.4, 0.5) is 0 Å². The number of rotatable bonds is 9. The van der Waals surface area contributed by atoms with E-state index in [4.69, 9.17) is 9.47 Å². The van der Waals surface area contributed by atoms with Crippen LogP contribution >= 0.6 is 0 Å². The summed E-state index contributed by atoms with van der Waals surface area (Å²) in [6, 6.07) is 3.53. The largest absolute Gasteiger partial charge is 0.508 e. The Morgan fingerprint density at radius 3 is 2.52 bits per heavy atom. The molecule has 0 amide bonds. The Labute approximate surface area is 128 Å². The molecule has 0 aromatic heterocycles. The summed E-state index contributed by atoms with van der Waals surface area (Å²) in [4.78, 5) is 0. The van der Waals surface area contributed by atoms with Gasteiger partial charge in [-0.1, -0.05) is 13.8 Å². The van der Waals surface area contributed by atoms with Gasteiger partial charge in [-0.3, -0.25) is 0 Å². The number of allylic oxidation sites excluding steroid dienone is 2. The third kappa shape index (κ3) is 5.70. The van der Waals surface area contributed by atoms with Crippen LogP contribution in [0, 0.1) is 6.92 Å². The van der Waals surface area contributed by atoms with Crippen LogP contribution in [-0.4, -0.2) is 18.3 Å². The molecule has 0 unspecified atom stereocenters. The zero-order valence-corrected chi connectivity index (χ0v) is 13.7. The highest BCUT2D eigenvalue weighted by molar-refractivity contribution is 5.46. The molecule has 0 radical (unpaired) electrons. The first-order chi connectivity index (χ1) is 10.1. The maximum atomic E-state index is 9.61. The van der Waals surface area contributed by atoms with E-state index >= 15 is 0 Å². The number of phenols is 1. The Hall–Kier alpha value is -1.64. The van der Waals surface area contributed by atoms with Crippen LogP contribution in [0.1, 0.15) is 51.2 Å². The lowest BCUT2D eigenvalue weighted by atomic mass is 10.1. The number of aryl methyl sites for hydroxylation is 2. The molecule has 0 fully saturated rings. The Kier molecular flexibility index (Phi) is 7.73. The molecule has 0 atom stereocenters. The molecule has 3 nitrogen and oxygen atoms in total. The van der Waals surface area contributed by atoms with Crippen molar-refractivity contribution in [3.63, 3.8) is 0 Å². The number of unbranched alkanes of at least 4 members (excludes halogenated alkanes) is 1. The summed E-state index contributed by atoms with van der Waals surface area (Å²) in [7, 11) is 0. The quantitative estimate of drug-likeness (QED) is 0.527. The number of hydrogen-bond acceptors (Lipinski definition) is 3. The number of aromatic hydroxyl groups is 1. The fraction of sp³-hybridized carbons (Fsp3) is 0.556. The van der Waals surface area contributed by atoms with Crippen LogP contribution in [0.15, 0.2) is 24.0 Å². The summed E-state index contributed by atoms with van der Waals surface area (Å²) < 4.78 is 11.5. The summed E-state index contributed by atoms with van der Waals surface area (Å²) in [5.41, 5.74) is 2.05. The van der Waals surface area contributed by atoms with Crippen LogP contribution in [0.2, 0.25) is 0 Å². The Morgan fingerprint density at radius 1 is 1.19 bits per heavy atom. The standard InChI is InChI=1S/C18H28O3/c1-5-15-13-16(19)12-14(4)18(15)21-11-9-8-10-20-17(6-2)7-3/h6,12-13,19H,5,7-11H2,1-4H3. The normalized spacial score (nSPS) is 11.5. The van der Waals surface area contributed by atoms with E-state index in [1.807, 2.05) is 19.9 Å². The average Bonchev–Trinajstić information content (AvgIpc) is 2.47. The van der Waals surface area contributed by atoms with Crippen molar-refractivity contribution in [2.45, 2.75) is 53.4 Å². The summed E-state index contributed by atoms with van der Waals surface area (Å²) >= 11 is 0. The second kappa shape index (κ2) is 9.32. The van der Waals surface area contributed by atoms with E-state index in [-0.39, 0.29) is 0 Å². The van der Waals surface area contributed by atoms with E-state index in [1.165, 1.54) is 0 Å². The van der Waals surface area contributed by atoms with Crippen molar-refractivity contribution in [1.82, 2.24) is 0 Å². The summed E-state index contributed by atoms with van der Waals surface area (Å²) in [5.74, 6) is 2.28. The van der Waals surface area contributed by atoms with Gasteiger partial charge in [-0.15, -0.1) is 0 Å². The van der Waals surface area contributed by atoms with Gasteiger partial charge >= 0.3 is 0 Å². The number of benzene rings is 1. The Morgan fingerprint density at radius 2 is 1.90 bits per heavy atom. The topological polar surface area (TPSA) is 38.7 Å². The van der Waals surface area contributed by atoms with E-state index in [0.717, 1.165) is 54.9 Å². The minimum atomic E-state index is 0.309. The van der Waals surface area contributed by atoms with Crippen molar-refractivity contribution in [1.29, 1.82) is 0 Å². The van der Waals surface area contributed by atoms with E-state index in [9.17, 15) is 5.11 Å². The molecule has 1 aromatic carbocycles. The first-order valence-corrected chi connectivity index (χ1v) is 7.85. The van der Waals surface area contributed by atoms with Crippen molar-refractivity contribution < 1.29 is 14.6 Å². The second-order valence-electron chi connectivity index (χ2n) is 5.12. The first-order valence-electron chi connectivity index (χ1n) is 7.85. The lowest BCUT2D eigenvalue weighted by Gasteiger charge is -2.14. The molecular weight excluding hydrogens is 264 g/mol. The molecule has 118 valence electrons. The van der Waals surface area contributed by atoms with Crippen LogP contribution in [0.5, 0.6) is 11.5 Å². The van der Waals surface area contributed by atoms with Crippen LogP contribution in [-0.2, 0) is 11.2 Å². The van der Waals surface area contributed by atoms with Crippen LogP contribution < -0.4 is 4.74 Å². The predicted octanol–water partition coefficient (Wildman–Crippen LogP) is 4.75. The average molecular weight is 292 g/mol. The molecule has 0 aliphatic heterocycles. The second-order valence-corrected chi connectivity index (χ2v) is 5.12. The molecular formula is C18H28O3. The maximum Gasteiger partial charge on any atom is 0.125 e. The third-order valence-electron chi connectivity index (χ3n) is 3.46. The third-order valence-corrected chi connectivity index (χ3v) is 3.46. The van der Waals surface area contributed by atoms with Gasteiger partial charge in [0.25, 0.3) is 0 Å². The van der Waals surface area contributed by atoms with Gasteiger partial charge in [0.2, 0.25) is 0 Å². The Balaban J connectivity index is 2.36. The first kappa shape index (κ1) is 17.4. The van der Waals surface area contributed by atoms with Gasteiger partial charge < -0.3 is 14.6 Å². The van der Waals surface area contributed by atoms with Crippen molar-refractivity contribution >= 4 is 0 Å². The molecule has 0 bridgehead atoms. The van der Waals surface area contributed by atoms with Crippen molar-refractivity contribution in [2.24, 2.45) is 0 Å². The predicted molar refractivity (Wildman–Crippen MR) is 87.0 cm³/mol. The molecule has 0 aliphatic carbocycles. The highest BCUT2D eigenvalue weighted by Gasteiger charge is 2.08. The van der Waals surface area contributed by atoms with Gasteiger partial charge in [0.1, 0.15) is 11.5 Å². The maximum absolute atomic E-state index is 9.61. The fourth-order valence-corrected chi connectivity index (χ4v) is 2.27. The highest BCUT2D eigenvalue weighted by atomic mass is 16.5. The minimum Gasteiger partial charge on any atom is -0.508 e. The number of ether oxygens (including phenoxy) is 2. The molecule has 3 heteroatoms. The van der Waals surface area contributed by atoms with Gasteiger partial charge in [-0.25, -0.2) is 0 Å². The van der Waals surface area contributed by atoms with Gasteiger partial charge in [0, 0.05) is 6.42 Å². The molecule has 1 N–H and O–H groups in total. The van der Waals surface area contributed by atoms with Gasteiger partial charge in [0.15, 0.2) is 0 Å². The van der Waals surface area contributed by atoms with Gasteiger partial charge in [0.05, 0.1) is 19.0 Å². The van der Waals surface area contributed by atoms with E-state index in [1.54, 1.807) is 12.1 Å². The van der Waals surface area contributed by atoms with E-state index < -0.39 is 0 Å². The van der Waals surface area contributed by atoms with Gasteiger partial charge in [-0.2, -0.15) is 0 Å². The SMILES string of the molecule is CC=C(CC)OCCCCOc1c(C)cc(O)cc1CC. The molecule has 1 aromatic rings. The molecule has 0 saturated carbocycles. The molecule has 0 aliphatic rings. The molecule has 21 heavy (non-hydrogen) atoms. The smallest absolute Gasteiger partial charge is 0.125 e. The summed E-state index contributed by atoms with van der Waals surface area (Å²) in [6.45, 7) is 9.56. The summed E-state index contributed by atoms with van der Waals surface area (Å²) in [5, 5.41) is 9.61. The zero-order valence-electron chi connectivity index (χ0n) is 13.7. The van der Waals surface area contributed by atoms with Crippen molar-refractivity contribution in [3.8, 4) is 11.5 Å². The van der Waals surface area contributed by atoms with Crippen molar-refractivity contribution in [3.05, 3.63) is 35.1 Å². The van der Waals surface area contributed by atoms with Gasteiger partial charge in [-0.05, 0) is 62.4 Å². The fourth-order valence-electron chi connectivity index (χ4n) is 2.27. The minimum absolute atomic E-state index is 0.309. The molecule has 0 saturated heterocycles. The highest BCUT2D eigenvalue weighted by Crippen LogP contribution is 2.29.